The van der Waals surface area contributed by atoms with E-state index < -0.39 is 5.82 Å². The highest BCUT2D eigenvalue weighted by molar-refractivity contribution is 6.31. The Labute approximate surface area is 233 Å². The van der Waals surface area contributed by atoms with Gasteiger partial charge in [0, 0.05) is 18.1 Å². The van der Waals surface area contributed by atoms with E-state index in [0.717, 1.165) is 50.9 Å². The van der Waals surface area contributed by atoms with Crippen molar-refractivity contribution in [2.45, 2.75) is 90.8 Å². The molecule has 0 aromatic carbocycles. The summed E-state index contributed by atoms with van der Waals surface area (Å²) in [5.74, 6) is -0.679. The van der Waals surface area contributed by atoms with Crippen LogP contribution in [0.25, 0.3) is 0 Å². The van der Waals surface area contributed by atoms with Gasteiger partial charge in [-0.1, -0.05) is 39.3 Å². The zero-order valence-electron chi connectivity index (χ0n) is 21.8. The average molecular weight is 581 g/mol. The molecule has 0 spiro atoms. The van der Waals surface area contributed by atoms with Gasteiger partial charge in [-0.25, -0.2) is 28.7 Å². The first-order chi connectivity index (χ1) is 17.0. The van der Waals surface area contributed by atoms with Crippen LogP contribution in [0, 0.1) is 28.4 Å². The number of hydrogen-bond acceptors (Lipinski definition) is 7. The average Bonchev–Trinajstić information content (AvgIpc) is 2.71. The molecule has 0 aliphatic heterocycles. The zero-order chi connectivity index (χ0) is 28.0. The predicted octanol–water partition coefficient (Wildman–Crippen LogP) is 5.74. The molecule has 2 saturated carbocycles. The summed E-state index contributed by atoms with van der Waals surface area (Å²) in [6.07, 6.45) is 8.88. The number of nitrogens with zero attached hydrogens (tertiary/aromatic N) is 4. The van der Waals surface area contributed by atoms with Crippen molar-refractivity contribution in [2.24, 2.45) is 33.9 Å². The van der Waals surface area contributed by atoms with E-state index in [4.69, 9.17) is 52.0 Å². The first kappa shape index (κ1) is 32.0. The predicted molar refractivity (Wildman–Crippen MR) is 145 cm³/mol. The van der Waals surface area contributed by atoms with E-state index in [1.807, 2.05) is 0 Å². The Balaban J connectivity index is 0.000000214. The normalized spacial score (nSPS) is 26.3. The van der Waals surface area contributed by atoms with Gasteiger partial charge in [0.25, 0.3) is 0 Å². The summed E-state index contributed by atoms with van der Waals surface area (Å²) in [5, 5.41) is -0.206. The van der Waals surface area contributed by atoms with E-state index >= 15 is 0 Å². The fourth-order valence-electron chi connectivity index (χ4n) is 5.50. The van der Waals surface area contributed by atoms with Crippen LogP contribution in [0.15, 0.2) is 12.4 Å². The monoisotopic (exact) mass is 579 g/mol. The molecule has 0 amide bonds. The Morgan fingerprint density at radius 2 is 1.22 bits per heavy atom. The first-order valence-corrected chi connectivity index (χ1v) is 13.5. The molecular formula is C25H38Cl3F2N7. The highest BCUT2D eigenvalue weighted by Gasteiger charge is 2.33. The van der Waals surface area contributed by atoms with E-state index in [2.05, 4.69) is 47.6 Å². The maximum atomic E-state index is 13.6. The maximum Gasteiger partial charge on any atom is 0.223 e. The molecule has 0 saturated heterocycles. The number of nitrogens with two attached hydrogens (primary N) is 3. The fourth-order valence-corrected chi connectivity index (χ4v) is 5.96. The van der Waals surface area contributed by atoms with Crippen molar-refractivity contribution in [3.63, 3.8) is 0 Å². The van der Waals surface area contributed by atoms with Crippen LogP contribution < -0.4 is 17.2 Å². The standard InChI is InChI=1S/C13H19ClFN3.C8H18N2.C4HCl2FN2/c1-13(2)5-8(3-9(16)6-13)4-11-10(15)7-17-12(14)18-11;1-8(2)4-6(9)3-7(10)5-8;5-3-2(7)1-8-4(6)9-3/h7-9H,3-6,16H2,1-2H3;6-7H,3-5,9-10H2,1-2H3;1H. The van der Waals surface area contributed by atoms with Crippen molar-refractivity contribution in [1.82, 2.24) is 19.9 Å². The van der Waals surface area contributed by atoms with Crippen LogP contribution in [-0.4, -0.2) is 38.1 Å². The minimum atomic E-state index is -0.666. The number of hydrogen-bond donors (Lipinski definition) is 3. The molecule has 0 radical (unpaired) electrons. The second-order valence-electron chi connectivity index (χ2n) is 11.7. The van der Waals surface area contributed by atoms with Crippen molar-refractivity contribution >= 4 is 34.8 Å². The van der Waals surface area contributed by atoms with Crippen LogP contribution in [0.2, 0.25) is 15.7 Å². The second kappa shape index (κ2) is 13.7. The maximum absolute atomic E-state index is 13.6. The number of halogens is 5. The number of rotatable bonds is 2. The van der Waals surface area contributed by atoms with Gasteiger partial charge >= 0.3 is 0 Å². The van der Waals surface area contributed by atoms with E-state index in [1.54, 1.807) is 0 Å². The molecule has 2 aromatic rings. The van der Waals surface area contributed by atoms with E-state index in [0.29, 0.717) is 35.5 Å². The third kappa shape index (κ3) is 11.6. The smallest absolute Gasteiger partial charge is 0.223 e. The van der Waals surface area contributed by atoms with Gasteiger partial charge in [-0.2, -0.15) is 0 Å². The Morgan fingerprint density at radius 1 is 0.757 bits per heavy atom. The van der Waals surface area contributed by atoms with E-state index in [9.17, 15) is 8.78 Å². The van der Waals surface area contributed by atoms with Crippen LogP contribution in [0.1, 0.15) is 71.9 Å². The molecule has 2 heterocycles. The second-order valence-corrected chi connectivity index (χ2v) is 12.7. The van der Waals surface area contributed by atoms with Crippen molar-refractivity contribution in [1.29, 1.82) is 0 Å². The molecule has 37 heavy (non-hydrogen) atoms. The highest BCUT2D eigenvalue weighted by Crippen LogP contribution is 2.39. The van der Waals surface area contributed by atoms with Gasteiger partial charge in [0.2, 0.25) is 10.6 Å². The van der Waals surface area contributed by atoms with Gasteiger partial charge < -0.3 is 17.2 Å². The molecule has 4 rings (SSSR count). The molecule has 0 bridgehead atoms. The summed E-state index contributed by atoms with van der Waals surface area (Å²) in [6.45, 7) is 8.91. The summed E-state index contributed by atoms with van der Waals surface area (Å²) in [7, 11) is 0. The highest BCUT2D eigenvalue weighted by atomic mass is 35.5. The Kier molecular flexibility index (Phi) is 11.9. The summed E-state index contributed by atoms with van der Waals surface area (Å²) < 4.78 is 25.8. The first-order valence-electron chi connectivity index (χ1n) is 12.3. The lowest BCUT2D eigenvalue weighted by Gasteiger charge is -2.38. The zero-order valence-corrected chi connectivity index (χ0v) is 24.1. The molecule has 4 unspecified atom stereocenters. The minimum Gasteiger partial charge on any atom is -0.328 e. The quantitative estimate of drug-likeness (QED) is 0.305. The summed E-state index contributed by atoms with van der Waals surface area (Å²) in [4.78, 5) is 14.3. The lowest BCUT2D eigenvalue weighted by Crippen LogP contribution is -2.43. The van der Waals surface area contributed by atoms with Gasteiger partial charge in [0.15, 0.2) is 16.8 Å². The summed E-state index contributed by atoms with van der Waals surface area (Å²) in [6, 6.07) is 0.858. The minimum absolute atomic E-state index is 0.0543. The topological polar surface area (TPSA) is 130 Å². The molecule has 4 atom stereocenters. The van der Waals surface area contributed by atoms with Gasteiger partial charge in [-0.05, 0) is 84.9 Å². The van der Waals surface area contributed by atoms with Crippen molar-refractivity contribution in [2.75, 3.05) is 0 Å². The third-order valence-electron chi connectivity index (χ3n) is 6.47. The van der Waals surface area contributed by atoms with Gasteiger partial charge in [0.05, 0.1) is 18.1 Å². The molecule has 12 heteroatoms. The Bertz CT molecular complexity index is 1010. The summed E-state index contributed by atoms with van der Waals surface area (Å²) >= 11 is 16.2. The van der Waals surface area contributed by atoms with Crippen LogP contribution in [0.5, 0.6) is 0 Å². The molecule has 2 fully saturated rings. The van der Waals surface area contributed by atoms with Crippen LogP contribution in [0.3, 0.4) is 0 Å². The molecule has 6 N–H and O–H groups in total. The van der Waals surface area contributed by atoms with E-state index in [1.165, 1.54) is 0 Å². The molecular weight excluding hydrogens is 543 g/mol. The van der Waals surface area contributed by atoms with E-state index in [-0.39, 0.29) is 33.0 Å². The molecule has 2 aliphatic rings. The third-order valence-corrected chi connectivity index (χ3v) is 7.10. The lowest BCUT2D eigenvalue weighted by molar-refractivity contribution is 0.158. The molecule has 2 aromatic heterocycles. The largest absolute Gasteiger partial charge is 0.328 e. The lowest BCUT2D eigenvalue weighted by atomic mass is 9.69. The van der Waals surface area contributed by atoms with Gasteiger partial charge in [-0.15, -0.1) is 0 Å². The summed E-state index contributed by atoms with van der Waals surface area (Å²) in [5.41, 5.74) is 18.7. The Hall–Kier alpha value is -1.23. The molecule has 208 valence electrons. The molecule has 2 aliphatic carbocycles. The van der Waals surface area contributed by atoms with Gasteiger partial charge in [0.1, 0.15) is 0 Å². The van der Waals surface area contributed by atoms with Gasteiger partial charge in [-0.3, -0.25) is 0 Å². The SMILES string of the molecule is CC1(C)CC(N)CC(Cc2nc(Cl)ncc2F)C1.CC1(C)CC(N)CC(N)C1.Fc1cnc(Cl)nc1Cl. The van der Waals surface area contributed by atoms with Crippen molar-refractivity contribution < 1.29 is 8.78 Å². The fraction of sp³-hybridized carbons (Fsp3) is 0.680. The van der Waals surface area contributed by atoms with Crippen LogP contribution in [-0.2, 0) is 6.42 Å². The molecule has 7 nitrogen and oxygen atoms in total. The van der Waals surface area contributed by atoms with Crippen LogP contribution >= 0.6 is 34.8 Å². The van der Waals surface area contributed by atoms with Crippen LogP contribution in [0.4, 0.5) is 8.78 Å². The van der Waals surface area contributed by atoms with Crippen molar-refractivity contribution in [3.05, 3.63) is 45.4 Å². The number of aromatic nitrogens is 4. The Morgan fingerprint density at radius 3 is 1.68 bits per heavy atom. The van der Waals surface area contributed by atoms with Crippen molar-refractivity contribution in [3.8, 4) is 0 Å².